The van der Waals surface area contributed by atoms with Gasteiger partial charge < -0.3 is 11.1 Å². The van der Waals surface area contributed by atoms with E-state index in [9.17, 15) is 19.2 Å². The topological polar surface area (TPSA) is 122 Å². The summed E-state index contributed by atoms with van der Waals surface area (Å²) in [7, 11) is 0. The molecule has 0 aromatic heterocycles. The van der Waals surface area contributed by atoms with Gasteiger partial charge in [-0.05, 0) is 37.8 Å². The molecule has 0 aliphatic carbocycles. The van der Waals surface area contributed by atoms with Gasteiger partial charge in [0.25, 0.3) is 0 Å². The fraction of sp³-hybridized carbons (Fsp3) is 0.385. The highest BCUT2D eigenvalue weighted by atomic mass is 16.2. The molecule has 3 aliphatic rings. The van der Waals surface area contributed by atoms with Crippen molar-refractivity contribution in [2.24, 2.45) is 17.6 Å². The molecule has 2 aromatic rings. The SMILES string of the molecule is Cc1cc(C)c2c(c1)[C@@]1(N[C@H](CCC(N)=O)[C@H]3C(=O)N(CCc4ccccc4)C(=O)[C@@H]31)C(=O)N2. The van der Waals surface area contributed by atoms with E-state index in [1.54, 1.807) is 0 Å². The minimum Gasteiger partial charge on any atom is -0.370 e. The Balaban J connectivity index is 1.55. The zero-order chi connectivity index (χ0) is 24.2. The van der Waals surface area contributed by atoms with Crippen LogP contribution in [0.15, 0.2) is 42.5 Å². The summed E-state index contributed by atoms with van der Waals surface area (Å²) >= 11 is 0. The molecule has 5 rings (SSSR count). The first-order chi connectivity index (χ1) is 16.2. The number of benzene rings is 2. The van der Waals surface area contributed by atoms with E-state index in [2.05, 4.69) is 10.6 Å². The first-order valence-corrected chi connectivity index (χ1v) is 11.6. The van der Waals surface area contributed by atoms with Crippen molar-refractivity contribution in [1.29, 1.82) is 0 Å². The van der Waals surface area contributed by atoms with Crippen LogP contribution >= 0.6 is 0 Å². The highest BCUT2D eigenvalue weighted by Gasteiger charge is 2.70. The predicted molar refractivity (Wildman–Crippen MR) is 125 cm³/mol. The van der Waals surface area contributed by atoms with Crippen LogP contribution in [0.3, 0.4) is 0 Å². The van der Waals surface area contributed by atoms with Crippen LogP contribution in [0.2, 0.25) is 0 Å². The van der Waals surface area contributed by atoms with Crippen LogP contribution in [0.4, 0.5) is 5.69 Å². The first-order valence-electron chi connectivity index (χ1n) is 11.6. The van der Waals surface area contributed by atoms with E-state index in [1.165, 1.54) is 4.90 Å². The Bertz CT molecular complexity index is 1210. The van der Waals surface area contributed by atoms with Gasteiger partial charge in [-0.2, -0.15) is 0 Å². The number of imide groups is 1. The number of primary amides is 1. The van der Waals surface area contributed by atoms with Crippen LogP contribution in [0.25, 0.3) is 0 Å². The van der Waals surface area contributed by atoms with Crippen LogP contribution < -0.4 is 16.4 Å². The highest BCUT2D eigenvalue weighted by Crippen LogP contribution is 2.54. The molecule has 8 heteroatoms. The largest absolute Gasteiger partial charge is 0.370 e. The molecule has 1 spiro atoms. The van der Waals surface area contributed by atoms with Gasteiger partial charge in [0.15, 0.2) is 0 Å². The van der Waals surface area contributed by atoms with E-state index >= 15 is 0 Å². The van der Waals surface area contributed by atoms with Crippen molar-refractivity contribution in [3.05, 3.63) is 64.7 Å². The summed E-state index contributed by atoms with van der Waals surface area (Å²) in [5.74, 6) is -3.08. The van der Waals surface area contributed by atoms with Crippen LogP contribution in [-0.2, 0) is 31.1 Å². The quantitative estimate of drug-likeness (QED) is 0.565. The summed E-state index contributed by atoms with van der Waals surface area (Å²) in [6, 6.07) is 13.0. The monoisotopic (exact) mass is 460 g/mol. The number of carbonyl (C=O) groups is 4. The first kappa shape index (κ1) is 22.3. The minimum absolute atomic E-state index is 0.0593. The van der Waals surface area contributed by atoms with E-state index in [4.69, 9.17) is 5.73 Å². The molecule has 176 valence electrons. The van der Waals surface area contributed by atoms with E-state index in [0.717, 1.165) is 16.7 Å². The van der Waals surface area contributed by atoms with E-state index in [-0.39, 0.29) is 37.1 Å². The maximum atomic E-state index is 13.8. The maximum absolute atomic E-state index is 13.8. The van der Waals surface area contributed by atoms with Crippen molar-refractivity contribution in [3.63, 3.8) is 0 Å². The van der Waals surface area contributed by atoms with Crippen molar-refractivity contribution >= 4 is 29.3 Å². The normalized spacial score (nSPS) is 27.3. The second-order valence-corrected chi connectivity index (χ2v) is 9.59. The third kappa shape index (κ3) is 3.24. The number of nitrogens with zero attached hydrogens (tertiary/aromatic N) is 1. The molecule has 3 heterocycles. The molecule has 4 atom stereocenters. The molecule has 0 saturated carbocycles. The highest BCUT2D eigenvalue weighted by molar-refractivity contribution is 6.15. The summed E-state index contributed by atoms with van der Waals surface area (Å²) in [5.41, 5.74) is 8.29. The van der Waals surface area contributed by atoms with Gasteiger partial charge >= 0.3 is 0 Å². The number of rotatable bonds is 6. The molecule has 8 nitrogen and oxygen atoms in total. The summed E-state index contributed by atoms with van der Waals surface area (Å²) in [5, 5.41) is 6.31. The lowest BCUT2D eigenvalue weighted by atomic mass is 9.75. The summed E-state index contributed by atoms with van der Waals surface area (Å²) in [6.07, 6.45) is 0.867. The number of hydrogen-bond donors (Lipinski definition) is 3. The zero-order valence-corrected chi connectivity index (χ0v) is 19.3. The van der Waals surface area contributed by atoms with Crippen molar-refractivity contribution in [2.75, 3.05) is 11.9 Å². The van der Waals surface area contributed by atoms with Gasteiger partial charge in [0.05, 0.1) is 11.8 Å². The van der Waals surface area contributed by atoms with Gasteiger partial charge in [0.2, 0.25) is 23.6 Å². The van der Waals surface area contributed by atoms with Crippen molar-refractivity contribution < 1.29 is 19.2 Å². The van der Waals surface area contributed by atoms with Crippen molar-refractivity contribution in [1.82, 2.24) is 10.2 Å². The number of nitrogens with two attached hydrogens (primary N) is 1. The maximum Gasteiger partial charge on any atom is 0.250 e. The molecular formula is C26H28N4O4. The van der Waals surface area contributed by atoms with E-state index in [1.807, 2.05) is 56.3 Å². The van der Waals surface area contributed by atoms with Gasteiger partial charge in [-0.1, -0.05) is 48.0 Å². The molecule has 0 unspecified atom stereocenters. The lowest BCUT2D eigenvalue weighted by Gasteiger charge is -2.30. The summed E-state index contributed by atoms with van der Waals surface area (Å²) < 4.78 is 0. The standard InChI is InChI=1S/C26H28N4O4/c1-14-12-15(2)22-17(13-14)26(25(34)28-22)21-20(18(29-26)8-9-19(27)31)23(32)30(24(21)33)11-10-16-6-4-3-5-7-16/h3-7,12-13,18,20-21,29H,8-11H2,1-2H3,(H2,27,31)(H,28,34)/t18-,20-,21-,26+/m1/s1. The average molecular weight is 461 g/mol. The number of nitrogens with one attached hydrogen (secondary N) is 2. The summed E-state index contributed by atoms with van der Waals surface area (Å²) in [6.45, 7) is 4.10. The Hall–Kier alpha value is -3.52. The Kier molecular flexibility index (Phi) is 5.28. The molecule has 3 aliphatic heterocycles. The van der Waals surface area contributed by atoms with Gasteiger partial charge in [-0.15, -0.1) is 0 Å². The van der Waals surface area contributed by atoms with Crippen molar-refractivity contribution in [2.45, 2.75) is 44.7 Å². The predicted octanol–water partition coefficient (Wildman–Crippen LogP) is 1.53. The van der Waals surface area contributed by atoms with Crippen LogP contribution in [0.1, 0.15) is 35.1 Å². The number of likely N-dealkylation sites (tertiary alicyclic amines) is 1. The lowest BCUT2D eigenvalue weighted by Crippen LogP contribution is -2.53. The number of hydrogen-bond acceptors (Lipinski definition) is 5. The number of fused-ring (bicyclic) bond motifs is 4. The van der Waals surface area contributed by atoms with Crippen LogP contribution in [-0.4, -0.2) is 41.1 Å². The number of aryl methyl sites for hydroxylation is 2. The molecule has 4 N–H and O–H groups in total. The molecule has 2 aromatic carbocycles. The Labute approximate surface area is 197 Å². The average Bonchev–Trinajstić information content (AvgIpc) is 3.37. The van der Waals surface area contributed by atoms with Gasteiger partial charge in [0.1, 0.15) is 5.54 Å². The number of anilines is 1. The van der Waals surface area contributed by atoms with Gasteiger partial charge in [-0.3, -0.25) is 29.4 Å². The second kappa shape index (κ2) is 8.06. The third-order valence-electron chi connectivity index (χ3n) is 7.43. The number of carbonyl (C=O) groups excluding carboxylic acids is 4. The molecule has 2 fully saturated rings. The minimum atomic E-state index is -1.35. The van der Waals surface area contributed by atoms with E-state index in [0.29, 0.717) is 17.7 Å². The Morgan fingerprint density at radius 3 is 2.53 bits per heavy atom. The molecule has 0 radical (unpaired) electrons. The summed E-state index contributed by atoms with van der Waals surface area (Å²) in [4.78, 5) is 53.7. The fourth-order valence-corrected chi connectivity index (χ4v) is 5.97. The fourth-order valence-electron chi connectivity index (χ4n) is 5.97. The van der Waals surface area contributed by atoms with Gasteiger partial charge in [0, 0.05) is 30.3 Å². The second-order valence-electron chi connectivity index (χ2n) is 9.59. The number of amides is 4. The lowest BCUT2D eigenvalue weighted by molar-refractivity contribution is -0.142. The molecule has 2 saturated heterocycles. The van der Waals surface area contributed by atoms with Crippen molar-refractivity contribution in [3.8, 4) is 0 Å². The molecule has 0 bridgehead atoms. The Morgan fingerprint density at radius 1 is 1.09 bits per heavy atom. The van der Waals surface area contributed by atoms with Crippen LogP contribution in [0, 0.1) is 25.7 Å². The van der Waals surface area contributed by atoms with E-state index < -0.39 is 29.3 Å². The zero-order valence-electron chi connectivity index (χ0n) is 19.3. The van der Waals surface area contributed by atoms with Crippen LogP contribution in [0.5, 0.6) is 0 Å². The Morgan fingerprint density at radius 2 is 1.82 bits per heavy atom. The molecular weight excluding hydrogens is 432 g/mol. The third-order valence-corrected chi connectivity index (χ3v) is 7.43. The molecule has 4 amide bonds. The van der Waals surface area contributed by atoms with Gasteiger partial charge in [-0.25, -0.2) is 0 Å². The molecule has 34 heavy (non-hydrogen) atoms. The smallest absolute Gasteiger partial charge is 0.250 e.